The zero-order chi connectivity index (χ0) is 14.6. The van der Waals surface area contributed by atoms with Gasteiger partial charge in [0.25, 0.3) is 11.6 Å². The summed E-state index contributed by atoms with van der Waals surface area (Å²) in [6.07, 6.45) is 0. The number of nitrogens with one attached hydrogen (secondary N) is 1. The summed E-state index contributed by atoms with van der Waals surface area (Å²) in [7, 11) is 0. The van der Waals surface area contributed by atoms with Crippen molar-refractivity contribution in [3.05, 3.63) is 39.2 Å². The highest BCUT2D eigenvalue weighted by molar-refractivity contribution is 5.94. The van der Waals surface area contributed by atoms with E-state index in [0.717, 1.165) is 12.1 Å². The summed E-state index contributed by atoms with van der Waals surface area (Å²) in [4.78, 5) is 35.7. The third kappa shape index (κ3) is 3.71. The predicted molar refractivity (Wildman–Crippen MR) is 58.8 cm³/mol. The first-order valence-electron chi connectivity index (χ1n) is 4.91. The van der Waals surface area contributed by atoms with Crippen molar-refractivity contribution in [2.24, 2.45) is 0 Å². The molecule has 8 nitrogen and oxygen atoms in total. The van der Waals surface area contributed by atoms with E-state index in [2.05, 4.69) is 4.84 Å². The second kappa shape index (κ2) is 5.87. The van der Waals surface area contributed by atoms with E-state index in [1.165, 1.54) is 6.92 Å². The Morgan fingerprint density at radius 3 is 2.68 bits per heavy atom. The number of carboxylic acid groups (broad SMARTS) is 1. The Morgan fingerprint density at radius 1 is 1.53 bits per heavy atom. The van der Waals surface area contributed by atoms with Gasteiger partial charge in [-0.2, -0.15) is 0 Å². The summed E-state index contributed by atoms with van der Waals surface area (Å²) >= 11 is 0. The zero-order valence-corrected chi connectivity index (χ0v) is 9.68. The van der Waals surface area contributed by atoms with Crippen LogP contribution in [0.2, 0.25) is 0 Å². The number of nitro groups is 1. The topological polar surface area (TPSA) is 119 Å². The first kappa shape index (κ1) is 14.5. The molecule has 0 atom stereocenters. The predicted octanol–water partition coefficient (Wildman–Crippen LogP) is 0.788. The molecular weight excluding hydrogens is 263 g/mol. The van der Waals surface area contributed by atoms with Crippen molar-refractivity contribution in [2.75, 3.05) is 6.61 Å². The van der Waals surface area contributed by atoms with Gasteiger partial charge in [0.1, 0.15) is 5.82 Å². The zero-order valence-electron chi connectivity index (χ0n) is 9.68. The highest BCUT2D eigenvalue weighted by atomic mass is 19.1. The van der Waals surface area contributed by atoms with E-state index in [9.17, 15) is 24.1 Å². The van der Waals surface area contributed by atoms with Gasteiger partial charge in [0.2, 0.25) is 0 Å². The number of halogens is 1. The third-order valence-corrected chi connectivity index (χ3v) is 2.06. The van der Waals surface area contributed by atoms with Gasteiger partial charge in [0.15, 0.2) is 6.61 Å². The Morgan fingerprint density at radius 2 is 2.16 bits per heavy atom. The van der Waals surface area contributed by atoms with Crippen LogP contribution in [0.5, 0.6) is 0 Å². The van der Waals surface area contributed by atoms with Crippen molar-refractivity contribution in [2.45, 2.75) is 6.92 Å². The van der Waals surface area contributed by atoms with E-state index in [1.807, 2.05) is 0 Å². The normalized spacial score (nSPS) is 10.0. The molecule has 0 saturated heterocycles. The number of nitrogens with zero attached hydrogens (tertiary/aromatic N) is 1. The van der Waals surface area contributed by atoms with Gasteiger partial charge in [0, 0.05) is 12.1 Å². The fraction of sp³-hybridized carbons (Fsp3) is 0.200. The van der Waals surface area contributed by atoms with Gasteiger partial charge in [-0.3, -0.25) is 19.7 Å². The summed E-state index contributed by atoms with van der Waals surface area (Å²) in [6.45, 7) is 0.443. The summed E-state index contributed by atoms with van der Waals surface area (Å²) in [5.41, 5.74) is 0.540. The van der Waals surface area contributed by atoms with Crippen molar-refractivity contribution >= 4 is 17.6 Å². The molecule has 0 aliphatic carbocycles. The number of hydrogen-bond donors (Lipinski definition) is 2. The van der Waals surface area contributed by atoms with E-state index in [-0.39, 0.29) is 5.56 Å². The maximum Gasteiger partial charge on any atom is 0.332 e. The van der Waals surface area contributed by atoms with Crippen LogP contribution in [0.15, 0.2) is 12.1 Å². The van der Waals surface area contributed by atoms with Gasteiger partial charge in [-0.15, -0.1) is 0 Å². The summed E-state index contributed by atoms with van der Waals surface area (Å²) in [5.74, 6) is -3.39. The minimum atomic E-state index is -1.34. The molecular formula is C10H9FN2O6. The number of carbonyl (C=O) groups excluding carboxylic acids is 1. The van der Waals surface area contributed by atoms with E-state index in [1.54, 1.807) is 5.48 Å². The molecule has 0 unspecified atom stereocenters. The van der Waals surface area contributed by atoms with E-state index in [0.29, 0.717) is 0 Å². The molecule has 1 amide bonds. The number of hydroxylamine groups is 1. The monoisotopic (exact) mass is 272 g/mol. The Bertz CT molecular complexity index is 545. The quantitative estimate of drug-likeness (QED) is 0.604. The minimum Gasteiger partial charge on any atom is -0.479 e. The first-order valence-corrected chi connectivity index (χ1v) is 4.91. The molecule has 1 aromatic carbocycles. The molecule has 0 spiro atoms. The van der Waals surface area contributed by atoms with Crippen LogP contribution >= 0.6 is 0 Å². The molecule has 0 aromatic heterocycles. The number of aliphatic carboxylic acids is 1. The van der Waals surface area contributed by atoms with Crippen LogP contribution in [-0.2, 0) is 9.63 Å². The number of nitro benzene ring substituents is 1. The lowest BCUT2D eigenvalue weighted by Gasteiger charge is -2.06. The van der Waals surface area contributed by atoms with Crippen LogP contribution < -0.4 is 5.48 Å². The van der Waals surface area contributed by atoms with Gasteiger partial charge < -0.3 is 5.11 Å². The van der Waals surface area contributed by atoms with Crippen LogP contribution in [0.4, 0.5) is 10.1 Å². The molecule has 0 aliphatic heterocycles. The van der Waals surface area contributed by atoms with E-state index >= 15 is 0 Å². The van der Waals surface area contributed by atoms with Gasteiger partial charge in [0.05, 0.1) is 10.5 Å². The highest BCUT2D eigenvalue weighted by Crippen LogP contribution is 2.20. The molecule has 0 saturated carbocycles. The lowest BCUT2D eigenvalue weighted by molar-refractivity contribution is -0.385. The number of hydrogen-bond acceptors (Lipinski definition) is 5. The molecule has 0 radical (unpaired) electrons. The number of aryl methyl sites for hydroxylation is 1. The second-order valence-electron chi connectivity index (χ2n) is 3.49. The Balaban J connectivity index is 2.95. The van der Waals surface area contributed by atoms with Crippen LogP contribution in [0, 0.1) is 22.9 Å². The molecule has 102 valence electrons. The number of carbonyl (C=O) groups is 2. The fourth-order valence-electron chi connectivity index (χ4n) is 1.24. The molecule has 1 aromatic rings. The fourth-order valence-corrected chi connectivity index (χ4v) is 1.24. The van der Waals surface area contributed by atoms with Crippen molar-refractivity contribution in [3.63, 3.8) is 0 Å². The van der Waals surface area contributed by atoms with Crippen LogP contribution in [-0.4, -0.2) is 28.5 Å². The van der Waals surface area contributed by atoms with Gasteiger partial charge >= 0.3 is 5.97 Å². The van der Waals surface area contributed by atoms with Gasteiger partial charge in [-0.1, -0.05) is 0 Å². The largest absolute Gasteiger partial charge is 0.479 e. The average Bonchev–Trinajstić information content (AvgIpc) is 2.31. The summed E-state index contributed by atoms with van der Waals surface area (Å²) < 4.78 is 13.6. The van der Waals surface area contributed by atoms with Gasteiger partial charge in [-0.25, -0.2) is 14.7 Å². The first-order chi connectivity index (χ1) is 8.82. The Labute approximate surface area is 105 Å². The molecule has 0 fully saturated rings. The number of carboxylic acids is 1. The van der Waals surface area contributed by atoms with Crippen LogP contribution in [0.1, 0.15) is 15.9 Å². The van der Waals surface area contributed by atoms with Gasteiger partial charge in [-0.05, 0) is 12.5 Å². The van der Waals surface area contributed by atoms with Crippen molar-refractivity contribution in [3.8, 4) is 0 Å². The Kier molecular flexibility index (Phi) is 4.48. The number of benzene rings is 1. The summed E-state index contributed by atoms with van der Waals surface area (Å²) in [6, 6.07) is 1.71. The molecule has 2 N–H and O–H groups in total. The Hall–Kier alpha value is -2.55. The maximum atomic E-state index is 13.6. The molecule has 19 heavy (non-hydrogen) atoms. The van der Waals surface area contributed by atoms with Crippen molar-refractivity contribution < 1.29 is 28.8 Å². The van der Waals surface area contributed by atoms with Crippen molar-refractivity contribution in [1.29, 1.82) is 0 Å². The lowest BCUT2D eigenvalue weighted by Crippen LogP contribution is -2.27. The summed E-state index contributed by atoms with van der Waals surface area (Å²) in [5, 5.41) is 18.9. The molecule has 0 bridgehead atoms. The van der Waals surface area contributed by atoms with Crippen LogP contribution in [0.3, 0.4) is 0 Å². The smallest absolute Gasteiger partial charge is 0.332 e. The second-order valence-corrected chi connectivity index (χ2v) is 3.49. The number of non-ortho nitro benzene ring substituents is 1. The molecule has 0 heterocycles. The average molecular weight is 272 g/mol. The molecule has 0 aliphatic rings. The minimum absolute atomic E-state index is 0.0856. The SMILES string of the molecule is Cc1cc([N+](=O)[O-])cc(C(=O)NOCC(=O)O)c1F. The lowest BCUT2D eigenvalue weighted by atomic mass is 10.1. The maximum absolute atomic E-state index is 13.6. The molecule has 1 rings (SSSR count). The number of rotatable bonds is 5. The van der Waals surface area contributed by atoms with E-state index in [4.69, 9.17) is 5.11 Å². The van der Waals surface area contributed by atoms with Crippen LogP contribution in [0.25, 0.3) is 0 Å². The van der Waals surface area contributed by atoms with E-state index < -0.39 is 40.5 Å². The standard InChI is InChI=1S/C10H9FN2O6/c1-5-2-6(13(17)18)3-7(9(5)11)10(16)12-19-4-8(14)15/h2-3H,4H2,1H3,(H,12,16)(H,14,15). The van der Waals surface area contributed by atoms with Crippen molar-refractivity contribution in [1.82, 2.24) is 5.48 Å². The molecule has 9 heteroatoms. The number of amides is 1. The highest BCUT2D eigenvalue weighted by Gasteiger charge is 2.20. The third-order valence-electron chi connectivity index (χ3n) is 2.06.